The van der Waals surface area contributed by atoms with E-state index < -0.39 is 45.0 Å². The van der Waals surface area contributed by atoms with Crippen LogP contribution in [0.5, 0.6) is 5.75 Å². The van der Waals surface area contributed by atoms with Crippen molar-refractivity contribution in [3.8, 4) is 5.75 Å². The second kappa shape index (κ2) is 12.9. The summed E-state index contributed by atoms with van der Waals surface area (Å²) in [5, 5.41) is 25.8. The second-order valence-corrected chi connectivity index (χ2v) is 14.0. The highest BCUT2D eigenvalue weighted by molar-refractivity contribution is 8.88. The number of pyridine rings is 1. The zero-order valence-electron chi connectivity index (χ0n) is 22.5. The van der Waals surface area contributed by atoms with Crippen LogP contribution in [0.1, 0.15) is 51.4 Å². The molecular weight excluding hydrogens is 548 g/mol. The molecule has 3 heterocycles. The molecule has 4 atom stereocenters. The number of rotatable bonds is 11. The number of aromatic nitrogens is 3. The van der Waals surface area contributed by atoms with Gasteiger partial charge in [0.25, 0.3) is 5.56 Å². The van der Waals surface area contributed by atoms with Gasteiger partial charge in [-0.15, -0.1) is 20.9 Å². The van der Waals surface area contributed by atoms with E-state index in [9.17, 15) is 24.6 Å². The molecule has 0 aromatic carbocycles. The fourth-order valence-electron chi connectivity index (χ4n) is 4.00. The second-order valence-electron chi connectivity index (χ2n) is 9.14. The number of nitrogens with zero attached hydrogens (tertiary/aromatic N) is 2. The van der Waals surface area contributed by atoms with Crippen LogP contribution in [0.4, 0.5) is 17.5 Å². The van der Waals surface area contributed by atoms with Crippen molar-refractivity contribution in [3.05, 3.63) is 33.4 Å². The molecule has 6 N–H and O–H groups in total. The number of carbonyl (C=O) groups is 2. The van der Waals surface area contributed by atoms with Gasteiger partial charge in [-0.1, -0.05) is 13.8 Å². The van der Waals surface area contributed by atoms with Gasteiger partial charge in [0.15, 0.2) is 11.6 Å². The molecule has 0 amide bonds. The summed E-state index contributed by atoms with van der Waals surface area (Å²) in [4.78, 5) is 48.1. The molecule has 2 aromatic rings. The number of carbonyl (C=O) groups excluding carboxylic acids is 2. The molecule has 0 spiro atoms. The predicted molar refractivity (Wildman–Crippen MR) is 153 cm³/mol. The molecule has 0 radical (unpaired) electrons. The maximum atomic E-state index is 12.9. The summed E-state index contributed by atoms with van der Waals surface area (Å²) >= 11 is 4.92. The van der Waals surface area contributed by atoms with Gasteiger partial charge in [0.1, 0.15) is 18.4 Å². The zero-order chi connectivity index (χ0) is 28.9. The standard InChI is InChI=1S/C24H36N6O7S2/c1-6-15-8-25-18(21(37-14(5)33)16(15)10-36-13(4)32)11-39(38,7-2)30-24-28-22-19(23(35)29-24)27-17(9-26-22)20(34)12(3)31/h8,12,17,20,27,31,34,38H,6-7,9-11H2,1-5H3,(H3,26,28,29,30,35). The summed E-state index contributed by atoms with van der Waals surface area (Å²) < 4.78 is 14.0. The number of nitrogens with one attached hydrogen (secondary N) is 4. The third kappa shape index (κ3) is 7.56. The number of aromatic amines is 1. The van der Waals surface area contributed by atoms with Gasteiger partial charge < -0.3 is 35.0 Å². The van der Waals surface area contributed by atoms with Crippen LogP contribution in [0, 0.1) is 0 Å². The van der Waals surface area contributed by atoms with E-state index in [1.807, 2.05) is 13.8 Å². The monoisotopic (exact) mass is 584 g/mol. The third-order valence-corrected chi connectivity index (χ3v) is 9.85. The van der Waals surface area contributed by atoms with E-state index >= 15 is 0 Å². The Morgan fingerprint density at radius 1 is 1.28 bits per heavy atom. The Hall–Kier alpha value is -3.01. The number of aryl methyl sites for hydroxylation is 1. The predicted octanol–water partition coefficient (Wildman–Crippen LogP) is 1.86. The van der Waals surface area contributed by atoms with Crippen LogP contribution in [0.2, 0.25) is 0 Å². The largest absolute Gasteiger partial charge is 0.461 e. The number of hydrogen-bond donors (Lipinski definition) is 7. The smallest absolute Gasteiger partial charge is 0.308 e. The highest BCUT2D eigenvalue weighted by atomic mass is 33.1. The van der Waals surface area contributed by atoms with Gasteiger partial charge in [-0.25, -0.2) is 0 Å². The molecule has 0 fully saturated rings. The lowest BCUT2D eigenvalue weighted by molar-refractivity contribution is -0.142. The minimum Gasteiger partial charge on any atom is -0.461 e. The van der Waals surface area contributed by atoms with Crippen molar-refractivity contribution in [2.24, 2.45) is 0 Å². The van der Waals surface area contributed by atoms with Gasteiger partial charge in [-0.3, -0.25) is 24.4 Å². The Morgan fingerprint density at radius 3 is 2.59 bits per heavy atom. The lowest BCUT2D eigenvalue weighted by Crippen LogP contribution is -2.48. The quantitative estimate of drug-likeness (QED) is 0.116. The first-order valence-corrected chi connectivity index (χ1v) is 15.5. The van der Waals surface area contributed by atoms with Crippen molar-refractivity contribution >= 4 is 50.3 Å². The summed E-state index contributed by atoms with van der Waals surface area (Å²) in [5.74, 6) is 0.446. The molecular formula is C24H36N6O7S2. The van der Waals surface area contributed by atoms with E-state index in [0.717, 1.165) is 5.56 Å². The van der Waals surface area contributed by atoms with Gasteiger partial charge in [0.05, 0.1) is 17.8 Å². The topological polar surface area (TPSA) is 188 Å². The summed E-state index contributed by atoms with van der Waals surface area (Å²) in [5.41, 5.74) is 1.46. The van der Waals surface area contributed by atoms with Crippen molar-refractivity contribution in [2.45, 2.75) is 71.6 Å². The van der Waals surface area contributed by atoms with E-state index in [0.29, 0.717) is 23.4 Å². The minimum absolute atomic E-state index is 0.0752. The summed E-state index contributed by atoms with van der Waals surface area (Å²) in [6.07, 6.45) is 0.181. The molecule has 1 aliphatic rings. The molecule has 0 aliphatic carbocycles. The van der Waals surface area contributed by atoms with Crippen LogP contribution in [0.15, 0.2) is 11.0 Å². The first-order chi connectivity index (χ1) is 18.4. The van der Waals surface area contributed by atoms with Gasteiger partial charge in [-0.2, -0.15) is 4.98 Å². The Labute approximate surface area is 232 Å². The first kappa shape index (κ1) is 30.5. The van der Waals surface area contributed by atoms with Crippen molar-refractivity contribution < 1.29 is 29.3 Å². The SMILES string of the molecule is CCc1cnc(CS(S)(CC)Nc2nc3c(c(=O)[nH]2)NC(C(O)C(C)O)CN3)c(OC(C)=O)c1COC(C)=O. The van der Waals surface area contributed by atoms with Crippen molar-refractivity contribution in [2.75, 3.05) is 27.7 Å². The van der Waals surface area contributed by atoms with E-state index in [1.165, 1.54) is 20.8 Å². The van der Waals surface area contributed by atoms with Crippen LogP contribution in [-0.2, 0) is 33.1 Å². The molecule has 13 nitrogen and oxygen atoms in total. The Morgan fingerprint density at radius 2 is 2.00 bits per heavy atom. The number of aliphatic hydroxyl groups excluding tert-OH is 2. The number of H-pyrrole nitrogens is 1. The van der Waals surface area contributed by atoms with Gasteiger partial charge in [0, 0.05) is 37.9 Å². The van der Waals surface area contributed by atoms with Crippen molar-refractivity contribution in [1.29, 1.82) is 0 Å². The van der Waals surface area contributed by atoms with E-state index in [1.54, 1.807) is 6.20 Å². The van der Waals surface area contributed by atoms with E-state index in [4.69, 9.17) is 21.1 Å². The molecule has 3 rings (SSSR count). The van der Waals surface area contributed by atoms with Crippen molar-refractivity contribution in [1.82, 2.24) is 15.0 Å². The van der Waals surface area contributed by atoms with Crippen LogP contribution in [0.3, 0.4) is 0 Å². The van der Waals surface area contributed by atoms with Crippen molar-refractivity contribution in [3.63, 3.8) is 0 Å². The average molecular weight is 585 g/mol. The molecule has 0 bridgehead atoms. The van der Waals surface area contributed by atoms with Crippen LogP contribution < -0.4 is 25.7 Å². The summed E-state index contributed by atoms with van der Waals surface area (Å²) in [6.45, 7) is 8.05. The fraction of sp³-hybridized carbons (Fsp3) is 0.542. The summed E-state index contributed by atoms with van der Waals surface area (Å²) in [7, 11) is -2.06. The maximum absolute atomic E-state index is 12.9. The molecule has 0 saturated carbocycles. The maximum Gasteiger partial charge on any atom is 0.308 e. The molecule has 1 aliphatic heterocycles. The fourth-order valence-corrected chi connectivity index (χ4v) is 6.16. The molecule has 15 heteroatoms. The molecule has 4 unspecified atom stereocenters. The van der Waals surface area contributed by atoms with Crippen LogP contribution in [-0.4, -0.2) is 67.7 Å². The lowest BCUT2D eigenvalue weighted by atomic mass is 10.0. The number of hydrogen-bond acceptors (Lipinski definition) is 13. The lowest BCUT2D eigenvalue weighted by Gasteiger charge is -2.35. The number of esters is 2. The normalized spacial score (nSPS) is 18.3. The van der Waals surface area contributed by atoms with Gasteiger partial charge in [0.2, 0.25) is 5.95 Å². The number of ether oxygens (including phenoxy) is 2. The highest BCUT2D eigenvalue weighted by Gasteiger charge is 2.31. The highest BCUT2D eigenvalue weighted by Crippen LogP contribution is 2.55. The average Bonchev–Trinajstić information content (AvgIpc) is 2.87. The van der Waals surface area contributed by atoms with Gasteiger partial charge >= 0.3 is 11.9 Å². The molecule has 39 heavy (non-hydrogen) atoms. The Kier molecular flexibility index (Phi) is 10.1. The zero-order valence-corrected chi connectivity index (χ0v) is 24.2. The molecule has 2 aromatic heterocycles. The number of anilines is 3. The first-order valence-electron chi connectivity index (χ1n) is 12.5. The Bertz CT molecular complexity index is 1270. The van der Waals surface area contributed by atoms with Crippen LogP contribution >= 0.6 is 20.9 Å². The third-order valence-electron chi connectivity index (χ3n) is 6.13. The Balaban J connectivity index is 1.92. The number of fused-ring (bicyclic) bond motifs is 1. The number of thiol groups is 1. The summed E-state index contributed by atoms with van der Waals surface area (Å²) in [6, 6.07) is -0.581. The molecule has 0 saturated heterocycles. The minimum atomic E-state index is -2.06. The van der Waals surface area contributed by atoms with E-state index in [2.05, 4.69) is 30.3 Å². The molecule has 216 valence electrons. The number of aliphatic hydroxyl groups is 2. The van der Waals surface area contributed by atoms with Crippen LogP contribution in [0.25, 0.3) is 0 Å². The van der Waals surface area contributed by atoms with Gasteiger partial charge in [-0.05, 0) is 24.7 Å². The van der Waals surface area contributed by atoms with E-state index in [-0.39, 0.29) is 42.1 Å².